The number of benzene rings is 1. The number of carbonyl (C=O) groups is 1. The van der Waals surface area contributed by atoms with E-state index in [1.165, 1.54) is 18.6 Å². The minimum atomic E-state index is -0.441. The van der Waals surface area contributed by atoms with Gasteiger partial charge in [-0.1, -0.05) is 38.0 Å². The summed E-state index contributed by atoms with van der Waals surface area (Å²) in [5.74, 6) is -0.445. The van der Waals surface area contributed by atoms with Crippen molar-refractivity contribution in [3.8, 4) is 6.07 Å². The van der Waals surface area contributed by atoms with Gasteiger partial charge < -0.3 is 5.32 Å². The molecule has 2 unspecified atom stereocenters. The Morgan fingerprint density at radius 3 is 2.76 bits per heavy atom. The molecule has 4 heteroatoms. The minimum Gasteiger partial charge on any atom is -0.348 e. The van der Waals surface area contributed by atoms with Crippen LogP contribution in [0.4, 0.5) is 4.39 Å². The summed E-state index contributed by atoms with van der Waals surface area (Å²) in [4.78, 5) is 12.2. The van der Waals surface area contributed by atoms with Crippen molar-refractivity contribution in [1.29, 1.82) is 5.26 Å². The molecule has 110 valence electrons. The molecular weight excluding hydrogens is 267 g/mol. The van der Waals surface area contributed by atoms with Gasteiger partial charge in [0.1, 0.15) is 17.5 Å². The third-order valence-electron chi connectivity index (χ3n) is 4.00. The van der Waals surface area contributed by atoms with Gasteiger partial charge in [-0.2, -0.15) is 5.26 Å². The van der Waals surface area contributed by atoms with Crippen molar-refractivity contribution in [3.63, 3.8) is 0 Å². The van der Waals surface area contributed by atoms with Crippen molar-refractivity contribution in [2.75, 3.05) is 0 Å². The Labute approximate surface area is 124 Å². The average molecular weight is 286 g/mol. The van der Waals surface area contributed by atoms with Gasteiger partial charge in [0.25, 0.3) is 5.91 Å². The van der Waals surface area contributed by atoms with Gasteiger partial charge in [-0.3, -0.25) is 4.79 Å². The van der Waals surface area contributed by atoms with Gasteiger partial charge in [0, 0.05) is 11.6 Å². The molecule has 2 atom stereocenters. The normalized spacial score (nSPS) is 22.4. The maximum atomic E-state index is 13.6. The zero-order valence-electron chi connectivity index (χ0n) is 12.1. The lowest BCUT2D eigenvalue weighted by Crippen LogP contribution is -2.41. The predicted octanol–water partition coefficient (Wildman–Crippen LogP) is 3.43. The van der Waals surface area contributed by atoms with Crippen LogP contribution in [0.3, 0.4) is 0 Å². The van der Waals surface area contributed by atoms with Crippen LogP contribution in [0.1, 0.15) is 38.2 Å². The fourth-order valence-corrected chi connectivity index (χ4v) is 2.67. The van der Waals surface area contributed by atoms with Gasteiger partial charge in [0.05, 0.1) is 0 Å². The summed E-state index contributed by atoms with van der Waals surface area (Å²) in [5, 5.41) is 12.0. The first-order valence-corrected chi connectivity index (χ1v) is 7.29. The SMILES string of the molecule is CC1CCCCC1NC(=O)/C(C#N)=C/c1ccccc1F. The van der Waals surface area contributed by atoms with Crippen LogP contribution in [0.2, 0.25) is 0 Å². The molecule has 0 spiro atoms. The van der Waals surface area contributed by atoms with E-state index in [1.54, 1.807) is 18.2 Å². The summed E-state index contributed by atoms with van der Waals surface area (Å²) < 4.78 is 13.6. The number of halogens is 1. The molecule has 0 heterocycles. The van der Waals surface area contributed by atoms with Crippen LogP contribution in [0, 0.1) is 23.1 Å². The summed E-state index contributed by atoms with van der Waals surface area (Å²) in [6, 6.07) is 8.06. The van der Waals surface area contributed by atoms with Crippen LogP contribution in [0.15, 0.2) is 29.8 Å². The number of nitrogens with zero attached hydrogens (tertiary/aromatic N) is 1. The second-order valence-corrected chi connectivity index (χ2v) is 5.53. The fourth-order valence-electron chi connectivity index (χ4n) is 2.67. The lowest BCUT2D eigenvalue weighted by Gasteiger charge is -2.29. The Hall–Kier alpha value is -2.15. The number of amides is 1. The average Bonchev–Trinajstić information content (AvgIpc) is 2.48. The van der Waals surface area contributed by atoms with Crippen LogP contribution in [-0.4, -0.2) is 11.9 Å². The van der Waals surface area contributed by atoms with Crippen molar-refractivity contribution in [2.24, 2.45) is 5.92 Å². The first-order valence-electron chi connectivity index (χ1n) is 7.29. The quantitative estimate of drug-likeness (QED) is 0.683. The van der Waals surface area contributed by atoms with Crippen LogP contribution in [0.5, 0.6) is 0 Å². The minimum absolute atomic E-state index is 0.0575. The maximum Gasteiger partial charge on any atom is 0.262 e. The van der Waals surface area contributed by atoms with Crippen molar-refractivity contribution in [2.45, 2.75) is 38.6 Å². The highest BCUT2D eigenvalue weighted by Crippen LogP contribution is 2.24. The molecule has 1 N–H and O–H groups in total. The number of nitriles is 1. The molecule has 1 aromatic rings. The molecule has 2 rings (SSSR count). The maximum absolute atomic E-state index is 13.6. The number of rotatable bonds is 3. The zero-order chi connectivity index (χ0) is 15.2. The molecule has 0 radical (unpaired) electrons. The molecule has 1 amide bonds. The van der Waals surface area contributed by atoms with Gasteiger partial charge in [-0.15, -0.1) is 0 Å². The van der Waals surface area contributed by atoms with Gasteiger partial charge in [-0.05, 0) is 30.9 Å². The smallest absolute Gasteiger partial charge is 0.262 e. The van der Waals surface area contributed by atoms with Gasteiger partial charge in [0.15, 0.2) is 0 Å². The van der Waals surface area contributed by atoms with E-state index in [0.717, 1.165) is 19.3 Å². The number of hydrogen-bond donors (Lipinski definition) is 1. The Bertz CT molecular complexity index is 589. The Kier molecular flexibility index (Phi) is 5.10. The molecule has 0 bridgehead atoms. The van der Waals surface area contributed by atoms with Crippen LogP contribution in [-0.2, 0) is 4.79 Å². The van der Waals surface area contributed by atoms with Crippen LogP contribution >= 0.6 is 0 Å². The summed E-state index contributed by atoms with van der Waals surface area (Å²) in [5.41, 5.74) is 0.193. The predicted molar refractivity (Wildman–Crippen MR) is 79.6 cm³/mol. The van der Waals surface area contributed by atoms with Crippen molar-refractivity contribution < 1.29 is 9.18 Å². The first kappa shape index (κ1) is 15.2. The van der Waals surface area contributed by atoms with Gasteiger partial charge in [0.2, 0.25) is 0 Å². The second kappa shape index (κ2) is 7.03. The monoisotopic (exact) mass is 286 g/mol. The van der Waals surface area contributed by atoms with E-state index in [9.17, 15) is 9.18 Å². The summed E-state index contributed by atoms with van der Waals surface area (Å²) in [7, 11) is 0. The molecule has 0 aromatic heterocycles. The molecule has 1 saturated carbocycles. The molecular formula is C17H19FN2O. The van der Waals surface area contributed by atoms with Crippen molar-refractivity contribution in [1.82, 2.24) is 5.32 Å². The molecule has 1 aromatic carbocycles. The third-order valence-corrected chi connectivity index (χ3v) is 4.00. The highest BCUT2D eigenvalue weighted by Gasteiger charge is 2.24. The Balaban J connectivity index is 2.12. The molecule has 1 fully saturated rings. The molecule has 1 aliphatic rings. The number of carbonyl (C=O) groups excluding carboxylic acids is 1. The van der Waals surface area contributed by atoms with E-state index in [-0.39, 0.29) is 17.2 Å². The first-order chi connectivity index (χ1) is 10.1. The van der Waals surface area contributed by atoms with E-state index in [0.29, 0.717) is 5.92 Å². The van der Waals surface area contributed by atoms with E-state index in [2.05, 4.69) is 12.2 Å². The third kappa shape index (κ3) is 3.91. The zero-order valence-corrected chi connectivity index (χ0v) is 12.1. The van der Waals surface area contributed by atoms with Crippen LogP contribution in [0.25, 0.3) is 6.08 Å². The standard InChI is InChI=1S/C17H19FN2O/c1-12-6-2-5-9-16(12)20-17(21)14(11-19)10-13-7-3-4-8-15(13)18/h3-4,7-8,10,12,16H,2,5-6,9H2,1H3,(H,20,21)/b14-10+. The number of nitrogens with one attached hydrogen (secondary N) is 1. The summed E-state index contributed by atoms with van der Waals surface area (Å²) >= 11 is 0. The Morgan fingerprint density at radius 2 is 2.10 bits per heavy atom. The molecule has 0 aliphatic heterocycles. The Morgan fingerprint density at radius 1 is 1.38 bits per heavy atom. The van der Waals surface area contributed by atoms with E-state index < -0.39 is 11.7 Å². The van der Waals surface area contributed by atoms with Crippen LogP contribution < -0.4 is 5.32 Å². The van der Waals surface area contributed by atoms with E-state index in [4.69, 9.17) is 5.26 Å². The second-order valence-electron chi connectivity index (χ2n) is 5.53. The molecule has 21 heavy (non-hydrogen) atoms. The van der Waals surface area contributed by atoms with E-state index >= 15 is 0 Å². The molecule has 0 saturated heterocycles. The largest absolute Gasteiger partial charge is 0.348 e. The molecule has 3 nitrogen and oxygen atoms in total. The van der Waals surface area contributed by atoms with E-state index in [1.807, 2.05) is 6.07 Å². The fraction of sp³-hybridized carbons (Fsp3) is 0.412. The molecule has 1 aliphatic carbocycles. The summed E-state index contributed by atoms with van der Waals surface area (Å²) in [6.07, 6.45) is 5.60. The van der Waals surface area contributed by atoms with Crippen molar-refractivity contribution in [3.05, 3.63) is 41.2 Å². The lowest BCUT2D eigenvalue weighted by atomic mass is 9.86. The summed E-state index contributed by atoms with van der Waals surface area (Å²) in [6.45, 7) is 2.11. The van der Waals surface area contributed by atoms with Gasteiger partial charge >= 0.3 is 0 Å². The highest BCUT2D eigenvalue weighted by atomic mass is 19.1. The van der Waals surface area contributed by atoms with Crippen molar-refractivity contribution >= 4 is 12.0 Å². The topological polar surface area (TPSA) is 52.9 Å². The highest BCUT2D eigenvalue weighted by molar-refractivity contribution is 6.01. The number of hydrogen-bond acceptors (Lipinski definition) is 2. The van der Waals surface area contributed by atoms with Gasteiger partial charge in [-0.25, -0.2) is 4.39 Å². The lowest BCUT2D eigenvalue weighted by molar-refractivity contribution is -0.118.